The van der Waals surface area contributed by atoms with Crippen molar-refractivity contribution >= 4 is 5.78 Å². The molecule has 0 amide bonds. The van der Waals surface area contributed by atoms with Crippen molar-refractivity contribution in [3.63, 3.8) is 0 Å². The van der Waals surface area contributed by atoms with Gasteiger partial charge in [-0.25, -0.2) is 4.39 Å². The smallest absolute Gasteiger partial charge is 0.165 e. The number of aryl methyl sites for hydroxylation is 1. The molecule has 0 radical (unpaired) electrons. The van der Waals surface area contributed by atoms with Crippen LogP contribution in [0.1, 0.15) is 42.6 Å². The van der Waals surface area contributed by atoms with Gasteiger partial charge < -0.3 is 0 Å². The Balaban J connectivity index is 2.77. The number of Topliss-reactive ketones (excluding diaryl/α,β-unsaturated/α-hetero) is 1. The van der Waals surface area contributed by atoms with Gasteiger partial charge in [-0.2, -0.15) is 0 Å². The summed E-state index contributed by atoms with van der Waals surface area (Å²) >= 11 is 0. The van der Waals surface area contributed by atoms with Crippen LogP contribution in [-0.2, 0) is 0 Å². The molecule has 0 atom stereocenters. The Bertz CT molecular complexity index is 356. The lowest BCUT2D eigenvalue weighted by atomic mass is 10.00. The molecule has 0 aliphatic carbocycles. The van der Waals surface area contributed by atoms with E-state index in [-0.39, 0.29) is 11.3 Å². The second-order valence-electron chi connectivity index (χ2n) is 4.34. The van der Waals surface area contributed by atoms with Gasteiger partial charge in [0.15, 0.2) is 5.78 Å². The fourth-order valence-corrected chi connectivity index (χ4v) is 1.41. The Labute approximate surface area is 90.3 Å². The maximum Gasteiger partial charge on any atom is 0.165 e. The van der Waals surface area contributed by atoms with E-state index in [0.717, 1.165) is 12.0 Å². The van der Waals surface area contributed by atoms with Gasteiger partial charge in [0.1, 0.15) is 5.82 Å². The van der Waals surface area contributed by atoms with Crippen molar-refractivity contribution in [3.05, 3.63) is 35.1 Å². The molecule has 0 N–H and O–H groups in total. The van der Waals surface area contributed by atoms with Gasteiger partial charge in [0.05, 0.1) is 5.56 Å². The molecule has 1 nitrogen and oxygen atoms in total. The molecule has 0 bridgehead atoms. The summed E-state index contributed by atoms with van der Waals surface area (Å²) < 4.78 is 13.3. The molecule has 0 aliphatic heterocycles. The lowest BCUT2D eigenvalue weighted by Crippen LogP contribution is -2.04. The molecule has 0 aliphatic rings. The molecule has 0 saturated carbocycles. The Kier molecular flexibility index (Phi) is 4.01. The maximum absolute atomic E-state index is 13.3. The third kappa shape index (κ3) is 3.46. The summed E-state index contributed by atoms with van der Waals surface area (Å²) in [5.41, 5.74) is 1.15. The van der Waals surface area contributed by atoms with Gasteiger partial charge in [-0.15, -0.1) is 0 Å². The Morgan fingerprint density at radius 3 is 2.67 bits per heavy atom. The lowest BCUT2D eigenvalue weighted by molar-refractivity contribution is 0.0971. The van der Waals surface area contributed by atoms with Crippen LogP contribution in [0.2, 0.25) is 0 Å². The highest BCUT2D eigenvalue weighted by Crippen LogP contribution is 2.15. The third-order valence-electron chi connectivity index (χ3n) is 2.37. The van der Waals surface area contributed by atoms with Gasteiger partial charge in [0.25, 0.3) is 0 Å². The number of carbonyl (C=O) groups is 1. The first kappa shape index (κ1) is 11.9. The first-order valence-electron chi connectivity index (χ1n) is 5.30. The van der Waals surface area contributed by atoms with Crippen LogP contribution in [0.15, 0.2) is 18.2 Å². The van der Waals surface area contributed by atoms with Crippen LogP contribution in [0.25, 0.3) is 0 Å². The molecule has 1 aromatic rings. The van der Waals surface area contributed by atoms with E-state index in [1.54, 1.807) is 12.1 Å². The quantitative estimate of drug-likeness (QED) is 0.689. The van der Waals surface area contributed by atoms with Crippen LogP contribution in [0.5, 0.6) is 0 Å². The standard InChI is InChI=1S/C13H17FO/c1-9(2)4-7-13(15)11-8-10(3)5-6-12(11)14/h5-6,8-9H,4,7H2,1-3H3. The van der Waals surface area contributed by atoms with E-state index in [4.69, 9.17) is 0 Å². The highest BCUT2D eigenvalue weighted by Gasteiger charge is 2.11. The van der Waals surface area contributed by atoms with E-state index in [2.05, 4.69) is 13.8 Å². The predicted octanol–water partition coefficient (Wildman–Crippen LogP) is 3.75. The average molecular weight is 208 g/mol. The summed E-state index contributed by atoms with van der Waals surface area (Å²) in [5, 5.41) is 0. The molecule has 82 valence electrons. The summed E-state index contributed by atoms with van der Waals surface area (Å²) in [6.45, 7) is 5.97. The van der Waals surface area contributed by atoms with Gasteiger partial charge in [-0.3, -0.25) is 4.79 Å². The minimum Gasteiger partial charge on any atom is -0.294 e. The first-order chi connectivity index (χ1) is 7.00. The van der Waals surface area contributed by atoms with E-state index in [9.17, 15) is 9.18 Å². The van der Waals surface area contributed by atoms with E-state index in [1.807, 2.05) is 6.92 Å². The van der Waals surface area contributed by atoms with Gasteiger partial charge in [0, 0.05) is 6.42 Å². The molecule has 0 saturated heterocycles. The number of hydrogen-bond donors (Lipinski definition) is 0. The molecule has 0 aromatic heterocycles. The largest absolute Gasteiger partial charge is 0.294 e. The van der Waals surface area contributed by atoms with Crippen molar-refractivity contribution in [3.8, 4) is 0 Å². The summed E-state index contributed by atoms with van der Waals surface area (Å²) in [7, 11) is 0. The topological polar surface area (TPSA) is 17.1 Å². The maximum atomic E-state index is 13.3. The number of ketones is 1. The number of carbonyl (C=O) groups excluding carboxylic acids is 1. The van der Waals surface area contributed by atoms with E-state index >= 15 is 0 Å². The summed E-state index contributed by atoms with van der Waals surface area (Å²) in [6.07, 6.45) is 1.24. The summed E-state index contributed by atoms with van der Waals surface area (Å²) in [5.74, 6) is -0.0268. The molecular weight excluding hydrogens is 191 g/mol. The Hall–Kier alpha value is -1.18. The Morgan fingerprint density at radius 2 is 2.07 bits per heavy atom. The molecular formula is C13H17FO. The van der Waals surface area contributed by atoms with Crippen LogP contribution < -0.4 is 0 Å². The molecule has 2 heteroatoms. The van der Waals surface area contributed by atoms with Crippen molar-refractivity contribution in [2.24, 2.45) is 5.92 Å². The second kappa shape index (κ2) is 5.06. The number of halogens is 1. The summed E-state index contributed by atoms with van der Waals surface area (Å²) in [6, 6.07) is 4.66. The van der Waals surface area contributed by atoms with Gasteiger partial charge in [-0.1, -0.05) is 25.5 Å². The zero-order valence-electron chi connectivity index (χ0n) is 9.51. The van der Waals surface area contributed by atoms with Crippen LogP contribution in [0.4, 0.5) is 4.39 Å². The van der Waals surface area contributed by atoms with E-state index < -0.39 is 5.82 Å². The number of hydrogen-bond acceptors (Lipinski definition) is 1. The molecule has 0 unspecified atom stereocenters. The fourth-order valence-electron chi connectivity index (χ4n) is 1.41. The van der Waals surface area contributed by atoms with Gasteiger partial charge in [-0.05, 0) is 31.4 Å². The minimum atomic E-state index is -0.408. The van der Waals surface area contributed by atoms with Crippen LogP contribution in [0, 0.1) is 18.7 Å². The lowest BCUT2D eigenvalue weighted by Gasteiger charge is -2.05. The number of benzene rings is 1. The van der Waals surface area contributed by atoms with Crippen molar-refractivity contribution in [1.82, 2.24) is 0 Å². The summed E-state index contributed by atoms with van der Waals surface area (Å²) in [4.78, 5) is 11.7. The van der Waals surface area contributed by atoms with Gasteiger partial charge >= 0.3 is 0 Å². The zero-order valence-corrected chi connectivity index (χ0v) is 9.51. The Morgan fingerprint density at radius 1 is 1.40 bits per heavy atom. The van der Waals surface area contributed by atoms with Crippen LogP contribution in [0.3, 0.4) is 0 Å². The van der Waals surface area contributed by atoms with Crippen molar-refractivity contribution < 1.29 is 9.18 Å². The minimum absolute atomic E-state index is 0.0927. The van der Waals surface area contributed by atoms with E-state index in [0.29, 0.717) is 12.3 Å². The molecule has 1 rings (SSSR count). The van der Waals surface area contributed by atoms with Crippen LogP contribution >= 0.6 is 0 Å². The predicted molar refractivity (Wildman–Crippen MR) is 59.5 cm³/mol. The normalized spacial score (nSPS) is 10.7. The zero-order chi connectivity index (χ0) is 11.4. The molecule has 0 spiro atoms. The third-order valence-corrected chi connectivity index (χ3v) is 2.37. The molecule has 1 aromatic carbocycles. The molecule has 15 heavy (non-hydrogen) atoms. The molecule has 0 fully saturated rings. The van der Waals surface area contributed by atoms with Crippen LogP contribution in [-0.4, -0.2) is 5.78 Å². The highest BCUT2D eigenvalue weighted by atomic mass is 19.1. The molecule has 0 heterocycles. The fraction of sp³-hybridized carbons (Fsp3) is 0.462. The second-order valence-corrected chi connectivity index (χ2v) is 4.34. The monoisotopic (exact) mass is 208 g/mol. The van der Waals surface area contributed by atoms with Gasteiger partial charge in [0.2, 0.25) is 0 Å². The van der Waals surface area contributed by atoms with Crippen molar-refractivity contribution in [2.75, 3.05) is 0 Å². The first-order valence-corrected chi connectivity index (χ1v) is 5.30. The van der Waals surface area contributed by atoms with E-state index in [1.165, 1.54) is 6.07 Å². The SMILES string of the molecule is Cc1ccc(F)c(C(=O)CCC(C)C)c1. The number of rotatable bonds is 4. The van der Waals surface area contributed by atoms with Crippen molar-refractivity contribution in [1.29, 1.82) is 0 Å². The average Bonchev–Trinajstić information content (AvgIpc) is 2.18. The highest BCUT2D eigenvalue weighted by molar-refractivity contribution is 5.96. The van der Waals surface area contributed by atoms with Crippen molar-refractivity contribution in [2.45, 2.75) is 33.6 Å².